The minimum absolute atomic E-state index is 0.0634. The van der Waals surface area contributed by atoms with Gasteiger partial charge >= 0.3 is 0 Å². The molecule has 0 N–H and O–H groups in total. The molecule has 0 amide bonds. The van der Waals surface area contributed by atoms with Gasteiger partial charge in [0.1, 0.15) is 0 Å². The Hall–Kier alpha value is -3.84. The second-order valence-electron chi connectivity index (χ2n) is 17.0. The lowest BCUT2D eigenvalue weighted by Gasteiger charge is -2.31. The summed E-state index contributed by atoms with van der Waals surface area (Å²) >= 11 is 0. The fourth-order valence-corrected chi connectivity index (χ4v) is 7.03. The minimum atomic E-state index is -0.165. The van der Waals surface area contributed by atoms with Crippen LogP contribution in [0.4, 0.5) is 0 Å². The summed E-state index contributed by atoms with van der Waals surface area (Å²) in [6, 6.07) is 37.2. The molecule has 0 unspecified atom stereocenters. The summed E-state index contributed by atoms with van der Waals surface area (Å²) in [5.74, 6) is 0. The second kappa shape index (κ2) is 10.6. The van der Waals surface area contributed by atoms with E-state index >= 15 is 0 Å². The van der Waals surface area contributed by atoms with Crippen LogP contribution in [0.25, 0.3) is 43.7 Å². The Morgan fingerprint density at radius 2 is 1.02 bits per heavy atom. The smallest absolute Gasteiger partial charge is 0.0499 e. The van der Waals surface area contributed by atoms with Gasteiger partial charge in [0.15, 0.2) is 0 Å². The number of rotatable bonds is 4. The molecule has 0 spiro atoms. The summed E-state index contributed by atoms with van der Waals surface area (Å²) in [6.07, 6.45) is 0.920. The van der Waals surface area contributed by atoms with Gasteiger partial charge in [-0.15, -0.1) is 0 Å². The Bertz CT molecular complexity index is 2010. The van der Waals surface area contributed by atoms with E-state index in [1.165, 1.54) is 66.0 Å². The van der Waals surface area contributed by atoms with Crippen LogP contribution in [0.3, 0.4) is 0 Å². The van der Waals surface area contributed by atoms with Crippen LogP contribution in [0.1, 0.15) is 98.4 Å². The van der Waals surface area contributed by atoms with Crippen LogP contribution in [-0.2, 0) is 28.2 Å². The maximum Gasteiger partial charge on any atom is 0.0499 e. The molecule has 0 aliphatic heterocycles. The number of nitrogens with zero attached hydrogens (tertiary/aromatic N) is 1. The monoisotopic (exact) mass is 593 g/mol. The number of aromatic nitrogens is 1. The van der Waals surface area contributed by atoms with Crippen molar-refractivity contribution in [2.75, 3.05) is 0 Å². The molecule has 0 radical (unpaired) electrons. The molecular weight excluding hydrogens is 542 g/mol. The van der Waals surface area contributed by atoms with Gasteiger partial charge in [-0.2, -0.15) is 0 Å². The molecule has 0 fully saturated rings. The Morgan fingerprint density at radius 3 is 1.64 bits per heavy atom. The summed E-state index contributed by atoms with van der Waals surface area (Å²) in [5.41, 5.74) is 10.8. The first kappa shape index (κ1) is 31.2. The van der Waals surface area contributed by atoms with Crippen LogP contribution in [0.5, 0.6) is 0 Å². The molecular formula is C44H51N. The lowest BCUT2D eigenvalue weighted by Crippen LogP contribution is -2.29. The Kier molecular flexibility index (Phi) is 7.35. The summed E-state index contributed by atoms with van der Waals surface area (Å²) in [5, 5.41) is 5.28. The molecule has 0 saturated heterocycles. The first-order valence-electron chi connectivity index (χ1n) is 16.7. The molecule has 0 bridgehead atoms. The topological polar surface area (TPSA) is 4.93 Å². The third-order valence-corrected chi connectivity index (χ3v) is 9.68. The Morgan fingerprint density at radius 1 is 0.467 bits per heavy atom. The van der Waals surface area contributed by atoms with Crippen LogP contribution in [0.15, 0.2) is 97.1 Å². The predicted octanol–water partition coefficient (Wildman–Crippen LogP) is 12.5. The molecule has 0 aliphatic rings. The first-order valence-corrected chi connectivity index (χ1v) is 16.7. The molecule has 45 heavy (non-hydrogen) atoms. The van der Waals surface area contributed by atoms with Crippen molar-refractivity contribution in [1.29, 1.82) is 0 Å². The average molecular weight is 594 g/mol. The van der Waals surface area contributed by atoms with E-state index in [1.54, 1.807) is 0 Å². The second-order valence-corrected chi connectivity index (χ2v) is 17.0. The van der Waals surface area contributed by atoms with Crippen LogP contribution in [0.2, 0.25) is 0 Å². The molecule has 1 heteroatoms. The summed E-state index contributed by atoms with van der Waals surface area (Å²) < 4.78 is 2.61. The third-order valence-electron chi connectivity index (χ3n) is 9.68. The van der Waals surface area contributed by atoms with Crippen LogP contribution >= 0.6 is 0 Å². The molecule has 0 atom stereocenters. The number of benzene rings is 5. The summed E-state index contributed by atoms with van der Waals surface area (Å²) in [6.45, 7) is 25.7. The van der Waals surface area contributed by atoms with E-state index in [4.69, 9.17) is 0 Å². The maximum atomic E-state index is 2.61. The highest BCUT2D eigenvalue weighted by molar-refractivity contribution is 6.08. The molecule has 1 aromatic heterocycles. The Labute approximate surface area is 271 Å². The van der Waals surface area contributed by atoms with Crippen LogP contribution in [0, 0.1) is 0 Å². The van der Waals surface area contributed by atoms with Gasteiger partial charge in [0.25, 0.3) is 0 Å². The molecule has 0 aliphatic carbocycles. The van der Waals surface area contributed by atoms with Crippen molar-refractivity contribution in [3.8, 4) is 11.1 Å². The van der Waals surface area contributed by atoms with Gasteiger partial charge < -0.3 is 4.57 Å². The largest absolute Gasteiger partial charge is 0.334 e. The van der Waals surface area contributed by atoms with E-state index in [-0.39, 0.29) is 21.8 Å². The van der Waals surface area contributed by atoms with Gasteiger partial charge in [0, 0.05) is 27.3 Å². The molecule has 0 saturated carbocycles. The highest BCUT2D eigenvalue weighted by Gasteiger charge is 2.28. The van der Waals surface area contributed by atoms with Crippen LogP contribution < -0.4 is 0 Å². The molecule has 1 nitrogen and oxygen atoms in total. The first-order chi connectivity index (χ1) is 20.9. The van der Waals surface area contributed by atoms with Gasteiger partial charge in [-0.3, -0.25) is 0 Å². The van der Waals surface area contributed by atoms with E-state index < -0.39 is 0 Å². The van der Waals surface area contributed by atoms with Crippen LogP contribution in [-0.4, -0.2) is 4.57 Å². The lowest BCUT2D eigenvalue weighted by atomic mass is 9.78. The van der Waals surface area contributed by atoms with Gasteiger partial charge in [-0.25, -0.2) is 0 Å². The molecule has 1 heterocycles. The fourth-order valence-electron chi connectivity index (χ4n) is 7.03. The minimum Gasteiger partial charge on any atom is -0.334 e. The van der Waals surface area contributed by atoms with Crippen molar-refractivity contribution in [3.63, 3.8) is 0 Å². The number of hydrogen-bond donors (Lipinski definition) is 0. The molecule has 5 aromatic carbocycles. The van der Waals surface area contributed by atoms with Gasteiger partial charge in [0.05, 0.1) is 0 Å². The van der Waals surface area contributed by atoms with E-state index in [0.29, 0.717) is 0 Å². The van der Waals surface area contributed by atoms with Gasteiger partial charge in [-0.1, -0.05) is 147 Å². The number of para-hydroxylation sites is 1. The van der Waals surface area contributed by atoms with Crippen molar-refractivity contribution in [1.82, 2.24) is 4.57 Å². The van der Waals surface area contributed by atoms with Crippen molar-refractivity contribution in [2.45, 2.75) is 104 Å². The molecule has 232 valence electrons. The van der Waals surface area contributed by atoms with E-state index in [0.717, 1.165) is 6.42 Å². The van der Waals surface area contributed by atoms with Crippen molar-refractivity contribution in [2.24, 2.45) is 0 Å². The van der Waals surface area contributed by atoms with E-state index in [1.807, 2.05) is 0 Å². The quantitative estimate of drug-likeness (QED) is 0.192. The molecule has 6 aromatic rings. The summed E-state index contributed by atoms with van der Waals surface area (Å²) in [7, 11) is 0. The highest BCUT2D eigenvalue weighted by atomic mass is 15.1. The van der Waals surface area contributed by atoms with E-state index in [9.17, 15) is 0 Å². The number of fused-ring (bicyclic) bond motifs is 4. The Balaban J connectivity index is 1.55. The van der Waals surface area contributed by atoms with Gasteiger partial charge in [-0.05, 0) is 92.8 Å². The zero-order chi connectivity index (χ0) is 32.5. The van der Waals surface area contributed by atoms with Gasteiger partial charge in [0.2, 0.25) is 0 Å². The predicted molar refractivity (Wildman–Crippen MR) is 198 cm³/mol. The number of hydrogen-bond acceptors (Lipinski definition) is 0. The van der Waals surface area contributed by atoms with E-state index in [2.05, 4.69) is 178 Å². The van der Waals surface area contributed by atoms with Crippen molar-refractivity contribution in [3.05, 3.63) is 119 Å². The average Bonchev–Trinajstić information content (AvgIpc) is 3.30. The highest BCUT2D eigenvalue weighted by Crippen LogP contribution is 2.41. The zero-order valence-electron chi connectivity index (χ0n) is 29.4. The SMILES string of the molecule is CC(C)(C)c1cc(-c2cc(CC(C)(C)n3c4ccccc4c4ccc(C(C)(C)C)cc43)cc3ccccc23)cc(C(C)(C)C)c1. The third kappa shape index (κ3) is 5.83. The lowest BCUT2D eigenvalue weighted by molar-refractivity contribution is 0.375. The normalized spacial score (nSPS) is 13.3. The maximum absolute atomic E-state index is 2.61. The van der Waals surface area contributed by atoms with Crippen molar-refractivity contribution >= 4 is 32.6 Å². The zero-order valence-corrected chi connectivity index (χ0v) is 29.4. The molecule has 6 rings (SSSR count). The summed E-state index contributed by atoms with van der Waals surface area (Å²) in [4.78, 5) is 0. The van der Waals surface area contributed by atoms with Crippen molar-refractivity contribution < 1.29 is 0 Å². The standard InChI is InChI=1S/C44H51N/c1-41(2,3)32-20-21-37-36-18-14-15-19-39(36)45(40(37)27-32)44(10,11)28-29-22-30-16-12-13-17-35(30)38(23-29)31-24-33(42(4,5)6)26-34(25-31)43(7,8)9/h12-27H,28H2,1-11H3. The fraction of sp³-hybridized carbons (Fsp3) is 0.364.